The van der Waals surface area contributed by atoms with Crippen LogP contribution in [0.2, 0.25) is 0 Å². The molecule has 2 bridgehead atoms. The van der Waals surface area contributed by atoms with Crippen LogP contribution in [0, 0.1) is 17.7 Å². The molecule has 2 aliphatic carbocycles. The van der Waals surface area contributed by atoms with Crippen LogP contribution in [0.4, 0.5) is 4.39 Å². The van der Waals surface area contributed by atoms with Crippen LogP contribution < -0.4 is 14.8 Å². The van der Waals surface area contributed by atoms with Gasteiger partial charge in [-0.15, -0.1) is 0 Å². The van der Waals surface area contributed by atoms with Gasteiger partial charge in [0.2, 0.25) is 0 Å². The number of halogens is 1. The average Bonchev–Trinajstić information content (AvgIpc) is 3.51. The molecule has 7 heteroatoms. The monoisotopic (exact) mass is 489 g/mol. The standard InChI is InChI=1S/C29H28FNO5/c1-35-27-15-24(30)21(14-22(27)28(32)31-25-12-18-7-8-20(25)11-18)19-9-10-26(23(13-19)29(33)34)36-16-17-5-3-2-4-6-17/h2-6,9-10,13-15,18,20,25H,7-8,11-12,16H2,1H3,(H,31,32)(H,33,34)/t18-,20+,25+/m1/s1. The first-order chi connectivity index (χ1) is 17.4. The first-order valence-corrected chi connectivity index (χ1v) is 12.2. The highest BCUT2D eigenvalue weighted by molar-refractivity contribution is 5.99. The molecular formula is C29H28FNO5. The van der Waals surface area contributed by atoms with Crippen molar-refractivity contribution in [1.82, 2.24) is 5.32 Å². The number of benzene rings is 3. The number of fused-ring (bicyclic) bond motifs is 2. The van der Waals surface area contributed by atoms with Crippen molar-refractivity contribution in [3.8, 4) is 22.6 Å². The summed E-state index contributed by atoms with van der Waals surface area (Å²) in [5.41, 5.74) is 1.47. The van der Waals surface area contributed by atoms with Crippen molar-refractivity contribution in [3.05, 3.63) is 83.2 Å². The highest BCUT2D eigenvalue weighted by Crippen LogP contribution is 2.44. The minimum atomic E-state index is -1.19. The van der Waals surface area contributed by atoms with Gasteiger partial charge in [-0.25, -0.2) is 9.18 Å². The number of nitrogens with one attached hydrogen (secondary N) is 1. The van der Waals surface area contributed by atoms with E-state index in [1.165, 1.54) is 37.8 Å². The molecule has 3 aromatic rings. The van der Waals surface area contributed by atoms with Gasteiger partial charge < -0.3 is 19.9 Å². The number of rotatable bonds is 8. The summed E-state index contributed by atoms with van der Waals surface area (Å²) < 4.78 is 26.2. The van der Waals surface area contributed by atoms with Crippen LogP contribution in [0.25, 0.3) is 11.1 Å². The maximum Gasteiger partial charge on any atom is 0.339 e. The first-order valence-electron chi connectivity index (χ1n) is 12.2. The molecule has 0 heterocycles. The predicted molar refractivity (Wildman–Crippen MR) is 133 cm³/mol. The number of aromatic carboxylic acids is 1. The van der Waals surface area contributed by atoms with Crippen LogP contribution in [0.15, 0.2) is 60.7 Å². The Morgan fingerprint density at radius 1 is 1.00 bits per heavy atom. The van der Waals surface area contributed by atoms with E-state index in [2.05, 4.69) is 5.32 Å². The summed E-state index contributed by atoms with van der Waals surface area (Å²) in [6, 6.07) is 16.6. The molecule has 3 aromatic carbocycles. The Hall–Kier alpha value is -3.87. The van der Waals surface area contributed by atoms with Gasteiger partial charge >= 0.3 is 5.97 Å². The van der Waals surface area contributed by atoms with Crippen molar-refractivity contribution in [3.63, 3.8) is 0 Å². The summed E-state index contributed by atoms with van der Waals surface area (Å²) in [5.74, 6) is -0.640. The third-order valence-corrected chi connectivity index (χ3v) is 7.35. The quantitative estimate of drug-likeness (QED) is 0.424. The highest BCUT2D eigenvalue weighted by atomic mass is 19.1. The SMILES string of the molecule is COc1cc(F)c(-c2ccc(OCc3ccccc3)c(C(=O)O)c2)cc1C(=O)N[C@H]1C[C@@H]2CC[C@H]1C2. The van der Waals surface area contributed by atoms with Crippen molar-refractivity contribution in [2.24, 2.45) is 11.8 Å². The third-order valence-electron chi connectivity index (χ3n) is 7.35. The second-order valence-electron chi connectivity index (χ2n) is 9.58. The van der Waals surface area contributed by atoms with E-state index >= 15 is 4.39 Å². The molecule has 186 valence electrons. The second kappa shape index (κ2) is 10.0. The molecular weight excluding hydrogens is 461 g/mol. The van der Waals surface area contributed by atoms with Gasteiger partial charge in [0.05, 0.1) is 12.7 Å². The Morgan fingerprint density at radius 2 is 1.81 bits per heavy atom. The molecule has 0 unspecified atom stereocenters. The van der Waals surface area contributed by atoms with Gasteiger partial charge in [0.15, 0.2) is 0 Å². The predicted octanol–water partition coefficient (Wildman–Crippen LogP) is 5.70. The highest BCUT2D eigenvalue weighted by Gasteiger charge is 2.40. The number of carbonyl (C=O) groups excluding carboxylic acids is 1. The maximum absolute atomic E-state index is 15.1. The minimum absolute atomic E-state index is 0.0911. The number of hydrogen-bond donors (Lipinski definition) is 2. The maximum atomic E-state index is 15.1. The lowest BCUT2D eigenvalue weighted by atomic mass is 9.94. The first kappa shape index (κ1) is 23.9. The number of hydrogen-bond acceptors (Lipinski definition) is 4. The lowest BCUT2D eigenvalue weighted by Crippen LogP contribution is -2.38. The number of amides is 1. The molecule has 2 saturated carbocycles. The summed E-state index contributed by atoms with van der Waals surface area (Å²) >= 11 is 0. The second-order valence-corrected chi connectivity index (χ2v) is 9.58. The van der Waals surface area contributed by atoms with E-state index in [-0.39, 0.29) is 46.7 Å². The van der Waals surface area contributed by atoms with Crippen molar-refractivity contribution in [2.45, 2.75) is 38.3 Å². The molecule has 0 spiro atoms. The summed E-state index contributed by atoms with van der Waals surface area (Å²) in [4.78, 5) is 25.1. The number of carboxylic acids is 1. The molecule has 0 aliphatic heterocycles. The zero-order valence-electron chi connectivity index (χ0n) is 20.0. The fraction of sp³-hybridized carbons (Fsp3) is 0.310. The molecule has 0 saturated heterocycles. The van der Waals surface area contributed by atoms with E-state index in [1.54, 1.807) is 6.07 Å². The topological polar surface area (TPSA) is 84.9 Å². The van der Waals surface area contributed by atoms with Gasteiger partial charge in [-0.05, 0) is 60.4 Å². The molecule has 0 aromatic heterocycles. The van der Waals surface area contributed by atoms with Crippen LogP contribution in [-0.2, 0) is 6.61 Å². The van der Waals surface area contributed by atoms with E-state index in [4.69, 9.17) is 9.47 Å². The van der Waals surface area contributed by atoms with Gasteiger partial charge in [-0.2, -0.15) is 0 Å². The Kier molecular flexibility index (Phi) is 6.63. The van der Waals surface area contributed by atoms with Crippen molar-refractivity contribution in [2.75, 3.05) is 7.11 Å². The number of methoxy groups -OCH3 is 1. The molecule has 3 atom stereocenters. The Bertz CT molecular complexity index is 1290. The third kappa shape index (κ3) is 4.78. The Morgan fingerprint density at radius 3 is 2.47 bits per heavy atom. The molecule has 5 rings (SSSR count). The van der Waals surface area contributed by atoms with Crippen molar-refractivity contribution >= 4 is 11.9 Å². The van der Waals surface area contributed by atoms with Crippen LogP contribution >= 0.6 is 0 Å². The molecule has 0 radical (unpaired) electrons. The smallest absolute Gasteiger partial charge is 0.339 e. The van der Waals surface area contributed by atoms with Gasteiger partial charge in [0.25, 0.3) is 5.91 Å². The molecule has 1 amide bonds. The zero-order chi connectivity index (χ0) is 25.2. The zero-order valence-corrected chi connectivity index (χ0v) is 20.0. The normalized spacial score (nSPS) is 20.2. The van der Waals surface area contributed by atoms with Gasteiger partial charge in [-0.3, -0.25) is 4.79 Å². The van der Waals surface area contributed by atoms with Gasteiger partial charge in [0.1, 0.15) is 29.5 Å². The summed E-state index contributed by atoms with van der Waals surface area (Å²) in [7, 11) is 1.39. The number of carboxylic acid groups (broad SMARTS) is 1. The summed E-state index contributed by atoms with van der Waals surface area (Å²) in [6.07, 6.45) is 4.46. The fourth-order valence-electron chi connectivity index (χ4n) is 5.52. The van der Waals surface area contributed by atoms with Gasteiger partial charge in [-0.1, -0.05) is 42.8 Å². The largest absolute Gasteiger partial charge is 0.496 e. The van der Waals surface area contributed by atoms with Crippen molar-refractivity contribution in [1.29, 1.82) is 0 Å². The minimum Gasteiger partial charge on any atom is -0.496 e. The van der Waals surface area contributed by atoms with E-state index in [0.717, 1.165) is 24.8 Å². The summed E-state index contributed by atoms with van der Waals surface area (Å²) in [6.45, 7) is 0.199. The Labute approximate surface area is 209 Å². The fourth-order valence-corrected chi connectivity index (χ4v) is 5.52. The molecule has 2 N–H and O–H groups in total. The van der Waals surface area contributed by atoms with E-state index < -0.39 is 11.8 Å². The number of carbonyl (C=O) groups is 2. The van der Waals surface area contributed by atoms with E-state index in [0.29, 0.717) is 17.4 Å². The van der Waals surface area contributed by atoms with Crippen LogP contribution in [-0.4, -0.2) is 30.1 Å². The van der Waals surface area contributed by atoms with Crippen LogP contribution in [0.3, 0.4) is 0 Å². The molecule has 2 aliphatic rings. The molecule has 2 fully saturated rings. The van der Waals surface area contributed by atoms with Gasteiger partial charge in [0, 0.05) is 17.7 Å². The molecule has 36 heavy (non-hydrogen) atoms. The van der Waals surface area contributed by atoms with Crippen LogP contribution in [0.1, 0.15) is 52.0 Å². The summed E-state index contributed by atoms with van der Waals surface area (Å²) in [5, 5.41) is 12.9. The number of ether oxygens (including phenoxy) is 2. The van der Waals surface area contributed by atoms with E-state index in [1.807, 2.05) is 30.3 Å². The molecule has 6 nitrogen and oxygen atoms in total. The van der Waals surface area contributed by atoms with Crippen LogP contribution in [0.5, 0.6) is 11.5 Å². The average molecular weight is 490 g/mol. The van der Waals surface area contributed by atoms with Crippen molar-refractivity contribution < 1.29 is 28.6 Å². The Balaban J connectivity index is 1.43. The van der Waals surface area contributed by atoms with E-state index in [9.17, 15) is 14.7 Å². The lowest BCUT2D eigenvalue weighted by molar-refractivity contribution is 0.0691. The lowest BCUT2D eigenvalue weighted by Gasteiger charge is -2.23.